The van der Waals surface area contributed by atoms with Gasteiger partial charge in [-0.3, -0.25) is 4.79 Å². The van der Waals surface area contributed by atoms with E-state index < -0.39 is 15.9 Å². The quantitative estimate of drug-likeness (QED) is 0.548. The van der Waals surface area contributed by atoms with Crippen LogP contribution < -0.4 is 15.0 Å². The maximum atomic E-state index is 12.2. The minimum Gasteiger partial charge on any atom is -0.488 e. The summed E-state index contributed by atoms with van der Waals surface area (Å²) in [7, 11) is -3.31. The normalized spacial score (nSPS) is 12.4. The highest BCUT2D eigenvalue weighted by Crippen LogP contribution is 2.32. The molecule has 31 heavy (non-hydrogen) atoms. The van der Waals surface area contributed by atoms with Crippen molar-refractivity contribution in [3.05, 3.63) is 64.6 Å². The number of benzene rings is 2. The molecule has 3 rings (SSSR count). The molecule has 8 nitrogen and oxygen atoms in total. The highest BCUT2D eigenvalue weighted by atomic mass is 32.2. The summed E-state index contributed by atoms with van der Waals surface area (Å²) in [5.41, 5.74) is 0.916. The van der Waals surface area contributed by atoms with Crippen LogP contribution in [0, 0.1) is 0 Å². The maximum Gasteiger partial charge on any atom is 0.254 e. The number of nitrogens with zero attached hydrogens (tertiary/aromatic N) is 1. The van der Waals surface area contributed by atoms with Gasteiger partial charge >= 0.3 is 0 Å². The van der Waals surface area contributed by atoms with Gasteiger partial charge in [0, 0.05) is 29.6 Å². The Morgan fingerprint density at radius 3 is 2.35 bits per heavy atom. The number of aromatic amines is 1. The van der Waals surface area contributed by atoms with E-state index in [2.05, 4.69) is 9.97 Å². The molecule has 0 bridgehead atoms. The van der Waals surface area contributed by atoms with Crippen LogP contribution in [0.3, 0.4) is 0 Å². The van der Waals surface area contributed by atoms with Crippen LogP contribution in [0.5, 0.6) is 17.2 Å². The highest BCUT2D eigenvalue weighted by molar-refractivity contribution is 7.90. The van der Waals surface area contributed by atoms with Gasteiger partial charge in [0.15, 0.2) is 9.84 Å². The molecule has 1 heterocycles. The van der Waals surface area contributed by atoms with Crippen LogP contribution in [0.25, 0.3) is 11.4 Å². The average Bonchev–Trinajstić information content (AvgIpc) is 2.73. The second-order valence-electron chi connectivity index (χ2n) is 7.09. The van der Waals surface area contributed by atoms with Gasteiger partial charge in [-0.05, 0) is 49.7 Å². The first-order valence-corrected chi connectivity index (χ1v) is 11.6. The fourth-order valence-electron chi connectivity index (χ4n) is 2.82. The molecule has 2 aromatic carbocycles. The van der Waals surface area contributed by atoms with Crippen molar-refractivity contribution in [1.29, 1.82) is 0 Å². The number of hydrogen-bond donors (Lipinski definition) is 2. The van der Waals surface area contributed by atoms with E-state index in [1.807, 2.05) is 6.92 Å². The number of hydrogen-bond acceptors (Lipinski definition) is 7. The largest absolute Gasteiger partial charge is 0.488 e. The molecule has 0 fully saturated rings. The third-order valence-electron chi connectivity index (χ3n) is 4.49. The van der Waals surface area contributed by atoms with Crippen LogP contribution in [0.1, 0.15) is 19.4 Å². The van der Waals surface area contributed by atoms with Crippen molar-refractivity contribution in [2.24, 2.45) is 0 Å². The van der Waals surface area contributed by atoms with Crippen LogP contribution in [0.15, 0.2) is 58.4 Å². The van der Waals surface area contributed by atoms with Gasteiger partial charge < -0.3 is 19.6 Å². The van der Waals surface area contributed by atoms with Crippen LogP contribution in [-0.2, 0) is 16.3 Å². The Labute approximate surface area is 180 Å². The van der Waals surface area contributed by atoms with Crippen LogP contribution in [0.4, 0.5) is 0 Å². The van der Waals surface area contributed by atoms with E-state index >= 15 is 0 Å². The Bertz CT molecular complexity index is 1220. The molecule has 0 spiro atoms. The molecule has 0 aliphatic rings. The molecule has 0 aliphatic heterocycles. The van der Waals surface area contributed by atoms with E-state index in [4.69, 9.17) is 9.47 Å². The summed E-state index contributed by atoms with van der Waals surface area (Å²) in [4.78, 5) is 19.5. The number of nitrogens with one attached hydrogen (secondary N) is 1. The number of aryl methyl sites for hydroxylation is 1. The van der Waals surface area contributed by atoms with Crippen LogP contribution in [0.2, 0.25) is 0 Å². The Kier molecular flexibility index (Phi) is 6.77. The number of sulfone groups is 1. The number of rotatable bonds is 8. The zero-order valence-electron chi connectivity index (χ0n) is 17.5. The molecule has 0 saturated carbocycles. The maximum absolute atomic E-state index is 12.2. The van der Waals surface area contributed by atoms with Gasteiger partial charge in [0.1, 0.15) is 29.2 Å². The first-order chi connectivity index (χ1) is 14.7. The van der Waals surface area contributed by atoms with E-state index in [9.17, 15) is 18.3 Å². The van der Waals surface area contributed by atoms with E-state index in [0.717, 1.165) is 6.26 Å². The number of H-pyrrole nitrogens is 1. The molecule has 0 aliphatic carbocycles. The molecule has 0 saturated heterocycles. The predicted octanol–water partition coefficient (Wildman–Crippen LogP) is 2.95. The molecule has 164 valence electrons. The van der Waals surface area contributed by atoms with Gasteiger partial charge in [0.25, 0.3) is 5.56 Å². The molecular formula is C22H24N2O6S. The first-order valence-electron chi connectivity index (χ1n) is 9.68. The average molecular weight is 445 g/mol. The van der Waals surface area contributed by atoms with Crippen molar-refractivity contribution in [3.8, 4) is 28.6 Å². The zero-order valence-corrected chi connectivity index (χ0v) is 18.3. The Morgan fingerprint density at radius 1 is 1.10 bits per heavy atom. The van der Waals surface area contributed by atoms with Crippen LogP contribution in [-0.4, -0.2) is 42.5 Å². The van der Waals surface area contributed by atoms with Crippen molar-refractivity contribution >= 4 is 9.84 Å². The van der Waals surface area contributed by atoms with Gasteiger partial charge in [-0.15, -0.1) is 0 Å². The van der Waals surface area contributed by atoms with E-state index in [-0.39, 0.29) is 17.1 Å². The van der Waals surface area contributed by atoms with Gasteiger partial charge in [-0.25, -0.2) is 13.4 Å². The fraction of sp³-hybridized carbons (Fsp3) is 0.273. The molecule has 0 radical (unpaired) electrons. The second-order valence-corrected chi connectivity index (χ2v) is 9.11. The van der Waals surface area contributed by atoms with E-state index in [1.165, 1.54) is 18.3 Å². The summed E-state index contributed by atoms with van der Waals surface area (Å²) >= 11 is 0. The standard InChI is InChI=1S/C22H24N2O6S/c1-4-15-12-23-21(24-22(15)26)16-9-18(29-14(2)13-25)11-19(10-16)30-17-5-7-20(8-6-17)31(3,27)28/h5-12,14,25H,4,13H2,1-3H3,(H,23,24,26). The summed E-state index contributed by atoms with van der Waals surface area (Å²) in [6.45, 7) is 3.42. The van der Waals surface area contributed by atoms with Crippen molar-refractivity contribution in [2.45, 2.75) is 31.3 Å². The summed E-state index contributed by atoms with van der Waals surface area (Å²) in [5.74, 6) is 1.59. The molecule has 1 aromatic heterocycles. The summed E-state index contributed by atoms with van der Waals surface area (Å²) < 4.78 is 34.9. The molecule has 3 aromatic rings. The monoisotopic (exact) mass is 444 g/mol. The smallest absolute Gasteiger partial charge is 0.254 e. The highest BCUT2D eigenvalue weighted by Gasteiger charge is 2.12. The lowest BCUT2D eigenvalue weighted by Crippen LogP contribution is -2.16. The van der Waals surface area contributed by atoms with Gasteiger partial charge in [-0.1, -0.05) is 6.92 Å². The first kappa shape index (κ1) is 22.5. The molecule has 1 unspecified atom stereocenters. The Morgan fingerprint density at radius 2 is 1.77 bits per heavy atom. The number of aromatic nitrogens is 2. The lowest BCUT2D eigenvalue weighted by atomic mass is 10.1. The third kappa shape index (κ3) is 5.71. The summed E-state index contributed by atoms with van der Waals surface area (Å²) in [6, 6.07) is 11.0. The number of aliphatic hydroxyl groups is 1. The van der Waals surface area contributed by atoms with Crippen molar-refractivity contribution in [3.63, 3.8) is 0 Å². The van der Waals surface area contributed by atoms with E-state index in [1.54, 1.807) is 37.3 Å². The summed E-state index contributed by atoms with van der Waals surface area (Å²) in [6.07, 6.45) is 2.78. The topological polar surface area (TPSA) is 119 Å². The third-order valence-corrected chi connectivity index (χ3v) is 5.62. The zero-order chi connectivity index (χ0) is 22.6. The molecule has 0 amide bonds. The SMILES string of the molecule is CCc1cnc(-c2cc(Oc3ccc(S(C)(=O)=O)cc3)cc(OC(C)CO)c2)[nH]c1=O. The molecule has 9 heteroatoms. The summed E-state index contributed by atoms with van der Waals surface area (Å²) in [5, 5.41) is 9.31. The van der Waals surface area contributed by atoms with Crippen LogP contribution >= 0.6 is 0 Å². The van der Waals surface area contributed by atoms with Gasteiger partial charge in [0.05, 0.1) is 11.5 Å². The Hall–Kier alpha value is -3.17. The lowest BCUT2D eigenvalue weighted by molar-refractivity contribution is 0.129. The fourth-order valence-corrected chi connectivity index (χ4v) is 3.45. The van der Waals surface area contributed by atoms with E-state index in [0.29, 0.717) is 40.6 Å². The Balaban J connectivity index is 1.99. The number of aliphatic hydroxyl groups excluding tert-OH is 1. The van der Waals surface area contributed by atoms with Gasteiger partial charge in [0.2, 0.25) is 0 Å². The van der Waals surface area contributed by atoms with Crippen molar-refractivity contribution in [2.75, 3.05) is 12.9 Å². The van der Waals surface area contributed by atoms with Crippen molar-refractivity contribution < 1.29 is 23.0 Å². The minimum absolute atomic E-state index is 0.173. The lowest BCUT2D eigenvalue weighted by Gasteiger charge is -2.15. The molecule has 1 atom stereocenters. The molecular weight excluding hydrogens is 420 g/mol. The predicted molar refractivity (Wildman–Crippen MR) is 116 cm³/mol. The molecule has 2 N–H and O–H groups in total. The van der Waals surface area contributed by atoms with Crippen molar-refractivity contribution in [1.82, 2.24) is 9.97 Å². The second kappa shape index (κ2) is 9.32. The number of ether oxygens (including phenoxy) is 2. The van der Waals surface area contributed by atoms with Gasteiger partial charge in [-0.2, -0.15) is 0 Å². The minimum atomic E-state index is -3.31.